The van der Waals surface area contributed by atoms with Gasteiger partial charge >= 0.3 is 0 Å². The average Bonchev–Trinajstić information content (AvgIpc) is 2.76. The number of furan rings is 1. The summed E-state index contributed by atoms with van der Waals surface area (Å²) in [5, 5.41) is 4.96. The predicted octanol–water partition coefficient (Wildman–Crippen LogP) is 2.41. The van der Waals surface area contributed by atoms with Gasteiger partial charge in [0, 0.05) is 36.6 Å². The van der Waals surface area contributed by atoms with Crippen LogP contribution in [0.25, 0.3) is 11.0 Å². The van der Waals surface area contributed by atoms with E-state index < -0.39 is 0 Å². The van der Waals surface area contributed by atoms with Crippen molar-refractivity contribution in [1.82, 2.24) is 10.2 Å². The molecule has 0 bridgehead atoms. The molecule has 1 saturated heterocycles. The van der Waals surface area contributed by atoms with Gasteiger partial charge in [-0.25, -0.2) is 0 Å². The van der Waals surface area contributed by atoms with E-state index in [9.17, 15) is 4.79 Å². The molecular formula is C16H19ClN2O2. The molecule has 0 amide bonds. The fourth-order valence-electron chi connectivity index (χ4n) is 2.77. The van der Waals surface area contributed by atoms with Crippen LogP contribution in [-0.2, 0) is 11.2 Å². The van der Waals surface area contributed by atoms with E-state index in [1.54, 1.807) is 6.07 Å². The Balaban J connectivity index is 1.72. The molecule has 1 aliphatic heterocycles. The van der Waals surface area contributed by atoms with Gasteiger partial charge in [0.15, 0.2) is 5.78 Å². The molecule has 3 rings (SSSR count). The number of hydrogen-bond acceptors (Lipinski definition) is 4. The molecule has 21 heavy (non-hydrogen) atoms. The minimum atomic E-state index is 0.199. The Morgan fingerprint density at radius 1 is 1.38 bits per heavy atom. The molecule has 1 aromatic carbocycles. The topological polar surface area (TPSA) is 45.5 Å². The highest BCUT2D eigenvalue weighted by Gasteiger charge is 2.17. The van der Waals surface area contributed by atoms with E-state index in [4.69, 9.17) is 16.0 Å². The molecule has 0 radical (unpaired) electrons. The molecule has 0 saturated carbocycles. The maximum atomic E-state index is 12.2. The van der Waals surface area contributed by atoms with Crippen LogP contribution in [0.1, 0.15) is 11.3 Å². The Bertz CT molecular complexity index is 660. The third kappa shape index (κ3) is 3.28. The summed E-state index contributed by atoms with van der Waals surface area (Å²) in [5.74, 6) is 0.956. The number of Topliss-reactive ketones (excluding diaryl/α,β-unsaturated/α-hetero) is 1. The monoisotopic (exact) mass is 306 g/mol. The van der Waals surface area contributed by atoms with E-state index in [0.29, 0.717) is 18.0 Å². The molecule has 0 spiro atoms. The second kappa shape index (κ2) is 6.18. The Labute approximate surface area is 129 Å². The summed E-state index contributed by atoms with van der Waals surface area (Å²) in [4.78, 5) is 14.4. The number of nitrogens with zero attached hydrogens (tertiary/aromatic N) is 1. The number of carbonyl (C=O) groups is 1. The standard InChI is InChI=1S/C16H19ClN2O2/c1-11-14-8-12(17)2-3-15(14)21-16(11)9-13(20)10-19-6-4-18-5-7-19/h2-3,8,18H,4-7,9-10H2,1H3. The highest BCUT2D eigenvalue weighted by molar-refractivity contribution is 6.31. The number of halogens is 1. The van der Waals surface area contributed by atoms with Gasteiger partial charge in [-0.2, -0.15) is 0 Å². The smallest absolute Gasteiger partial charge is 0.154 e. The lowest BCUT2D eigenvalue weighted by Crippen LogP contribution is -2.45. The summed E-state index contributed by atoms with van der Waals surface area (Å²) >= 11 is 6.01. The summed E-state index contributed by atoms with van der Waals surface area (Å²) < 4.78 is 5.80. The van der Waals surface area contributed by atoms with Crippen molar-refractivity contribution in [3.63, 3.8) is 0 Å². The van der Waals surface area contributed by atoms with Crippen LogP contribution in [0.3, 0.4) is 0 Å². The Hall–Kier alpha value is -1.36. The molecule has 5 heteroatoms. The molecule has 1 aliphatic rings. The lowest BCUT2D eigenvalue weighted by atomic mass is 10.1. The van der Waals surface area contributed by atoms with Gasteiger partial charge in [-0.1, -0.05) is 11.6 Å². The Morgan fingerprint density at radius 3 is 2.90 bits per heavy atom. The van der Waals surface area contributed by atoms with Crippen LogP contribution in [0.4, 0.5) is 0 Å². The summed E-state index contributed by atoms with van der Waals surface area (Å²) in [6.45, 7) is 6.25. The van der Waals surface area contributed by atoms with Gasteiger partial charge in [0.2, 0.25) is 0 Å². The normalized spacial score (nSPS) is 16.5. The van der Waals surface area contributed by atoms with E-state index in [2.05, 4.69) is 10.2 Å². The van der Waals surface area contributed by atoms with Gasteiger partial charge in [-0.05, 0) is 30.7 Å². The van der Waals surface area contributed by atoms with E-state index >= 15 is 0 Å². The van der Waals surface area contributed by atoms with Gasteiger partial charge in [0.1, 0.15) is 11.3 Å². The molecule has 0 unspecified atom stereocenters. The van der Waals surface area contributed by atoms with Crippen molar-refractivity contribution in [2.75, 3.05) is 32.7 Å². The maximum Gasteiger partial charge on any atom is 0.154 e. The first-order valence-corrected chi connectivity index (χ1v) is 7.63. The first-order chi connectivity index (χ1) is 10.1. The van der Waals surface area contributed by atoms with Crippen LogP contribution in [0.2, 0.25) is 5.02 Å². The van der Waals surface area contributed by atoms with Gasteiger partial charge in [-0.3, -0.25) is 9.69 Å². The second-order valence-corrected chi connectivity index (χ2v) is 5.97. The van der Waals surface area contributed by atoms with Gasteiger partial charge in [0.05, 0.1) is 13.0 Å². The summed E-state index contributed by atoms with van der Waals surface area (Å²) in [6.07, 6.45) is 0.349. The zero-order chi connectivity index (χ0) is 14.8. The highest BCUT2D eigenvalue weighted by Crippen LogP contribution is 2.28. The van der Waals surface area contributed by atoms with Gasteiger partial charge < -0.3 is 9.73 Å². The number of piperazine rings is 1. The van der Waals surface area contributed by atoms with Crippen LogP contribution in [0.15, 0.2) is 22.6 Å². The predicted molar refractivity (Wildman–Crippen MR) is 84.0 cm³/mol. The Morgan fingerprint density at radius 2 is 2.14 bits per heavy atom. The first-order valence-electron chi connectivity index (χ1n) is 7.26. The third-order valence-electron chi connectivity index (χ3n) is 3.96. The van der Waals surface area contributed by atoms with Crippen molar-refractivity contribution in [2.24, 2.45) is 0 Å². The zero-order valence-electron chi connectivity index (χ0n) is 12.1. The van der Waals surface area contributed by atoms with Crippen molar-refractivity contribution >= 4 is 28.4 Å². The van der Waals surface area contributed by atoms with E-state index in [-0.39, 0.29) is 5.78 Å². The maximum absolute atomic E-state index is 12.2. The lowest BCUT2D eigenvalue weighted by Gasteiger charge is -2.26. The van der Waals surface area contributed by atoms with E-state index in [0.717, 1.165) is 48.5 Å². The minimum absolute atomic E-state index is 0.199. The van der Waals surface area contributed by atoms with Crippen molar-refractivity contribution < 1.29 is 9.21 Å². The number of aryl methyl sites for hydroxylation is 1. The molecule has 4 nitrogen and oxygen atoms in total. The molecule has 2 heterocycles. The molecular weight excluding hydrogens is 288 g/mol. The van der Waals surface area contributed by atoms with Crippen molar-refractivity contribution in [1.29, 1.82) is 0 Å². The number of nitrogens with one attached hydrogen (secondary N) is 1. The highest BCUT2D eigenvalue weighted by atomic mass is 35.5. The summed E-state index contributed by atoms with van der Waals surface area (Å²) in [6, 6.07) is 5.55. The molecule has 2 aromatic rings. The number of carbonyl (C=O) groups excluding carboxylic acids is 1. The van der Waals surface area contributed by atoms with E-state index in [1.807, 2.05) is 19.1 Å². The SMILES string of the molecule is Cc1c(CC(=O)CN2CCNCC2)oc2ccc(Cl)cc12. The van der Waals surface area contributed by atoms with Crippen molar-refractivity contribution in [3.05, 3.63) is 34.5 Å². The Kier molecular flexibility index (Phi) is 4.29. The fourth-order valence-corrected chi connectivity index (χ4v) is 2.94. The van der Waals surface area contributed by atoms with Crippen LogP contribution in [0.5, 0.6) is 0 Å². The number of ketones is 1. The largest absolute Gasteiger partial charge is 0.460 e. The van der Waals surface area contributed by atoms with Crippen LogP contribution < -0.4 is 5.32 Å². The van der Waals surface area contributed by atoms with Crippen LogP contribution >= 0.6 is 11.6 Å². The lowest BCUT2D eigenvalue weighted by molar-refractivity contribution is -0.119. The third-order valence-corrected chi connectivity index (χ3v) is 4.20. The molecule has 1 N–H and O–H groups in total. The summed E-state index contributed by atoms with van der Waals surface area (Å²) in [7, 11) is 0. The number of benzene rings is 1. The molecule has 0 atom stereocenters. The zero-order valence-corrected chi connectivity index (χ0v) is 12.9. The average molecular weight is 307 g/mol. The number of rotatable bonds is 4. The van der Waals surface area contributed by atoms with Crippen molar-refractivity contribution in [3.8, 4) is 0 Å². The van der Waals surface area contributed by atoms with Gasteiger partial charge in [0.25, 0.3) is 0 Å². The molecule has 1 aromatic heterocycles. The quantitative estimate of drug-likeness (QED) is 0.942. The fraction of sp³-hybridized carbons (Fsp3) is 0.438. The minimum Gasteiger partial charge on any atom is -0.460 e. The van der Waals surface area contributed by atoms with Crippen LogP contribution in [0, 0.1) is 6.92 Å². The van der Waals surface area contributed by atoms with Crippen LogP contribution in [-0.4, -0.2) is 43.4 Å². The molecule has 1 fully saturated rings. The second-order valence-electron chi connectivity index (χ2n) is 5.53. The first kappa shape index (κ1) is 14.6. The van der Waals surface area contributed by atoms with E-state index in [1.165, 1.54) is 0 Å². The number of hydrogen-bond donors (Lipinski definition) is 1. The van der Waals surface area contributed by atoms with Gasteiger partial charge in [-0.15, -0.1) is 0 Å². The summed E-state index contributed by atoms with van der Waals surface area (Å²) in [5.41, 5.74) is 1.81. The molecule has 112 valence electrons. The van der Waals surface area contributed by atoms with Crippen molar-refractivity contribution in [2.45, 2.75) is 13.3 Å². The number of fused-ring (bicyclic) bond motifs is 1. The molecule has 0 aliphatic carbocycles.